The van der Waals surface area contributed by atoms with Crippen LogP contribution in [0, 0.1) is 0 Å². The minimum absolute atomic E-state index is 0.0507. The first-order valence-corrected chi connectivity index (χ1v) is 2.61. The number of Topliss-reactive ketones (excluding diaryl/α,β-unsaturated/α-hetero) is 1. The molecule has 0 atom stereocenters. The molecule has 0 radical (unpaired) electrons. The van der Waals surface area contributed by atoms with E-state index in [9.17, 15) is 4.79 Å². The summed E-state index contributed by atoms with van der Waals surface area (Å²) in [5.41, 5.74) is 0.516. The molecule has 0 aromatic carbocycles. The number of allylic oxidation sites excluding steroid dienone is 2. The van der Waals surface area contributed by atoms with E-state index in [0.29, 0.717) is 5.57 Å². The lowest BCUT2D eigenvalue weighted by molar-refractivity contribution is -0.113. The van der Waals surface area contributed by atoms with Crippen molar-refractivity contribution in [1.82, 2.24) is 0 Å². The Kier molecular flexibility index (Phi) is 2.71. The van der Waals surface area contributed by atoms with E-state index in [-0.39, 0.29) is 11.5 Å². The smallest absolute Gasteiger partial charge is 0.155 e. The van der Waals surface area contributed by atoms with E-state index in [4.69, 9.17) is 5.11 Å². The van der Waals surface area contributed by atoms with Crippen LogP contribution in [0.5, 0.6) is 0 Å². The van der Waals surface area contributed by atoms with Crippen LogP contribution in [0.3, 0.4) is 0 Å². The zero-order valence-corrected chi connectivity index (χ0v) is 5.64. The van der Waals surface area contributed by atoms with Gasteiger partial charge in [0.25, 0.3) is 0 Å². The van der Waals surface area contributed by atoms with Crippen molar-refractivity contribution in [2.24, 2.45) is 0 Å². The number of aliphatic hydroxyl groups excluding tert-OH is 1. The van der Waals surface area contributed by atoms with Crippen LogP contribution >= 0.6 is 0 Å². The summed E-state index contributed by atoms with van der Waals surface area (Å²) < 4.78 is 0. The molecule has 0 aromatic heterocycles. The molecular formula is C7H10O2. The monoisotopic (exact) mass is 126 g/mol. The van der Waals surface area contributed by atoms with Gasteiger partial charge in [-0.2, -0.15) is 0 Å². The first-order valence-electron chi connectivity index (χ1n) is 2.61. The van der Waals surface area contributed by atoms with E-state index >= 15 is 0 Å². The van der Waals surface area contributed by atoms with Crippen molar-refractivity contribution in [3.05, 3.63) is 24.0 Å². The Labute approximate surface area is 54.5 Å². The van der Waals surface area contributed by atoms with Gasteiger partial charge in [0.2, 0.25) is 0 Å². The summed E-state index contributed by atoms with van der Waals surface area (Å²) in [4.78, 5) is 10.5. The highest BCUT2D eigenvalue weighted by Crippen LogP contribution is 1.96. The minimum Gasteiger partial charge on any atom is -0.509 e. The highest BCUT2D eigenvalue weighted by atomic mass is 16.3. The molecule has 2 heteroatoms. The summed E-state index contributed by atoms with van der Waals surface area (Å²) in [6, 6.07) is 0. The molecule has 0 saturated carbocycles. The number of hydrogen-bond donors (Lipinski definition) is 1. The van der Waals surface area contributed by atoms with E-state index in [0.717, 1.165) is 0 Å². The Bertz CT molecular complexity index is 166. The van der Waals surface area contributed by atoms with Gasteiger partial charge in [0, 0.05) is 0 Å². The van der Waals surface area contributed by atoms with Crippen LogP contribution in [0.25, 0.3) is 0 Å². The van der Waals surface area contributed by atoms with Crippen molar-refractivity contribution < 1.29 is 9.90 Å². The number of aliphatic hydroxyl groups is 1. The zero-order valence-electron chi connectivity index (χ0n) is 5.64. The third kappa shape index (κ3) is 3.53. The molecule has 0 heterocycles. The molecule has 0 unspecified atom stereocenters. The van der Waals surface area contributed by atoms with Crippen LogP contribution in [-0.4, -0.2) is 10.9 Å². The summed E-state index contributed by atoms with van der Waals surface area (Å²) >= 11 is 0. The van der Waals surface area contributed by atoms with Crippen LogP contribution in [0.4, 0.5) is 0 Å². The second kappa shape index (κ2) is 3.07. The second-order valence-corrected chi connectivity index (χ2v) is 1.87. The van der Waals surface area contributed by atoms with Gasteiger partial charge < -0.3 is 5.11 Å². The molecule has 0 aliphatic carbocycles. The maximum atomic E-state index is 10.5. The van der Waals surface area contributed by atoms with Gasteiger partial charge in [-0.25, -0.2) is 0 Å². The Morgan fingerprint density at radius 1 is 1.56 bits per heavy atom. The number of carbonyl (C=O) groups excluding carboxylic acids is 1. The molecule has 0 aliphatic heterocycles. The van der Waals surface area contributed by atoms with Crippen LogP contribution in [0.15, 0.2) is 24.0 Å². The first-order chi connectivity index (χ1) is 4.04. The van der Waals surface area contributed by atoms with Crippen molar-refractivity contribution in [3.8, 4) is 0 Å². The second-order valence-electron chi connectivity index (χ2n) is 1.87. The van der Waals surface area contributed by atoms with Gasteiger partial charge >= 0.3 is 0 Å². The van der Waals surface area contributed by atoms with Crippen molar-refractivity contribution in [1.29, 1.82) is 0 Å². The van der Waals surface area contributed by atoms with Crippen LogP contribution in [-0.2, 0) is 4.79 Å². The van der Waals surface area contributed by atoms with E-state index in [1.807, 2.05) is 0 Å². The maximum Gasteiger partial charge on any atom is 0.155 e. The maximum absolute atomic E-state index is 10.5. The largest absolute Gasteiger partial charge is 0.509 e. The summed E-state index contributed by atoms with van der Waals surface area (Å²) in [5.74, 6) is -0.132. The average Bonchev–Trinajstić information content (AvgIpc) is 1.63. The van der Waals surface area contributed by atoms with Crippen molar-refractivity contribution in [2.75, 3.05) is 0 Å². The van der Waals surface area contributed by atoms with Crippen LogP contribution in [0.1, 0.15) is 13.8 Å². The molecule has 0 aromatic rings. The van der Waals surface area contributed by atoms with Crippen LogP contribution < -0.4 is 0 Å². The number of hydrogen-bond acceptors (Lipinski definition) is 2. The van der Waals surface area contributed by atoms with Crippen LogP contribution in [0.2, 0.25) is 0 Å². The molecule has 50 valence electrons. The van der Waals surface area contributed by atoms with E-state index < -0.39 is 0 Å². The Morgan fingerprint density at radius 3 is 2.11 bits per heavy atom. The number of carbonyl (C=O) groups is 1. The molecule has 9 heavy (non-hydrogen) atoms. The Balaban J connectivity index is 4.17. The first kappa shape index (κ1) is 7.95. The van der Waals surface area contributed by atoms with Gasteiger partial charge in [0.15, 0.2) is 5.78 Å². The van der Waals surface area contributed by atoms with E-state index in [2.05, 4.69) is 6.58 Å². The summed E-state index contributed by atoms with van der Waals surface area (Å²) in [7, 11) is 0. The lowest BCUT2D eigenvalue weighted by Gasteiger charge is -1.90. The topological polar surface area (TPSA) is 37.3 Å². The van der Waals surface area contributed by atoms with Crippen molar-refractivity contribution in [3.63, 3.8) is 0 Å². The van der Waals surface area contributed by atoms with Gasteiger partial charge in [-0.3, -0.25) is 4.79 Å². The van der Waals surface area contributed by atoms with E-state index in [1.165, 1.54) is 13.0 Å². The van der Waals surface area contributed by atoms with Gasteiger partial charge in [-0.05, 0) is 25.5 Å². The molecule has 1 N–H and O–H groups in total. The summed E-state index contributed by atoms with van der Waals surface area (Å²) in [5, 5.41) is 8.55. The fourth-order valence-electron chi connectivity index (χ4n) is 0.352. The Hall–Kier alpha value is -1.05. The molecule has 0 bridgehead atoms. The average molecular weight is 126 g/mol. The Morgan fingerprint density at radius 2 is 2.00 bits per heavy atom. The van der Waals surface area contributed by atoms with Crippen molar-refractivity contribution >= 4 is 5.78 Å². The molecule has 0 amide bonds. The highest BCUT2D eigenvalue weighted by molar-refractivity contribution is 5.92. The number of rotatable bonds is 2. The molecule has 0 spiro atoms. The van der Waals surface area contributed by atoms with E-state index in [1.54, 1.807) is 6.92 Å². The standard InChI is InChI=1S/C7H10O2/c1-5(7(3)9)4-6(2)8/h4,8H,2H2,1,3H3/b5-4+. The molecule has 0 fully saturated rings. The molecule has 0 saturated heterocycles. The minimum atomic E-state index is -0.0808. The van der Waals surface area contributed by atoms with Gasteiger partial charge in [-0.1, -0.05) is 6.58 Å². The zero-order chi connectivity index (χ0) is 7.44. The fourth-order valence-corrected chi connectivity index (χ4v) is 0.352. The lowest BCUT2D eigenvalue weighted by Crippen LogP contribution is -1.91. The molecule has 2 nitrogen and oxygen atoms in total. The summed E-state index contributed by atoms with van der Waals surface area (Å²) in [6.07, 6.45) is 1.34. The van der Waals surface area contributed by atoms with Crippen molar-refractivity contribution in [2.45, 2.75) is 13.8 Å². The molecule has 0 aliphatic rings. The normalized spacial score (nSPS) is 11.1. The third-order valence-corrected chi connectivity index (χ3v) is 0.938. The lowest BCUT2D eigenvalue weighted by atomic mass is 10.2. The van der Waals surface area contributed by atoms with Gasteiger partial charge in [-0.15, -0.1) is 0 Å². The summed E-state index contributed by atoms with van der Waals surface area (Å²) in [6.45, 7) is 6.27. The predicted molar refractivity (Wildman–Crippen MR) is 36.2 cm³/mol. The SMILES string of the molecule is C=C(O)/C=C(\C)C(C)=O. The van der Waals surface area contributed by atoms with Gasteiger partial charge in [0.1, 0.15) is 5.76 Å². The van der Waals surface area contributed by atoms with Gasteiger partial charge in [0.05, 0.1) is 0 Å². The predicted octanol–water partition coefficient (Wildman–Crippen LogP) is 1.59. The quantitative estimate of drug-likeness (QED) is 0.346. The third-order valence-electron chi connectivity index (χ3n) is 0.938. The highest BCUT2D eigenvalue weighted by Gasteiger charge is 1.94. The number of ketones is 1. The molecular weight excluding hydrogens is 116 g/mol. The fraction of sp³-hybridized carbons (Fsp3) is 0.286. The molecule has 0 rings (SSSR count).